The van der Waals surface area contributed by atoms with Crippen molar-refractivity contribution < 1.29 is 19.1 Å². The Morgan fingerprint density at radius 1 is 0.944 bits per heavy atom. The van der Waals surface area contributed by atoms with Crippen LogP contribution >= 0.6 is 0 Å². The van der Waals surface area contributed by atoms with Gasteiger partial charge in [0.25, 0.3) is 0 Å². The molecule has 2 atom stereocenters. The Balaban J connectivity index is 3.60. The second-order valence-corrected chi connectivity index (χ2v) is 4.19. The van der Waals surface area contributed by atoms with E-state index in [0.29, 0.717) is 0 Å². The van der Waals surface area contributed by atoms with Crippen LogP contribution in [0.3, 0.4) is 0 Å². The summed E-state index contributed by atoms with van der Waals surface area (Å²) in [5, 5.41) is 0. The van der Waals surface area contributed by atoms with Gasteiger partial charge < -0.3 is 9.47 Å². The van der Waals surface area contributed by atoms with Crippen molar-refractivity contribution in [2.75, 3.05) is 0 Å². The monoisotopic (exact) mass is 254 g/mol. The summed E-state index contributed by atoms with van der Waals surface area (Å²) in [7, 11) is 0. The number of carbonyl (C=O) groups is 2. The standard InChI is InChI=1S/C14H22O4/c1-5-13(15)17-11(3)9-7-8-10-12(4)18-14(16)6-2/h5-6,11-12H,1-2,7-10H2,3-4H3. The molecule has 0 aromatic carbocycles. The van der Waals surface area contributed by atoms with Gasteiger partial charge in [0.15, 0.2) is 0 Å². The van der Waals surface area contributed by atoms with Crippen LogP contribution in [0.2, 0.25) is 0 Å². The van der Waals surface area contributed by atoms with Gasteiger partial charge in [0.05, 0.1) is 12.2 Å². The van der Waals surface area contributed by atoms with Crippen LogP contribution in [-0.2, 0) is 19.1 Å². The zero-order chi connectivity index (χ0) is 14.0. The quantitative estimate of drug-likeness (QED) is 0.360. The number of rotatable bonds is 9. The molecule has 2 unspecified atom stereocenters. The summed E-state index contributed by atoms with van der Waals surface area (Å²) in [5.74, 6) is -0.786. The Bertz CT molecular complexity index is 266. The highest BCUT2D eigenvalue weighted by atomic mass is 16.5. The van der Waals surface area contributed by atoms with Crippen molar-refractivity contribution in [1.29, 1.82) is 0 Å². The first kappa shape index (κ1) is 16.4. The molecule has 0 fully saturated rings. The van der Waals surface area contributed by atoms with E-state index in [9.17, 15) is 9.59 Å². The van der Waals surface area contributed by atoms with E-state index in [-0.39, 0.29) is 12.2 Å². The molecule has 0 aromatic heterocycles. The molecule has 0 aliphatic heterocycles. The maximum Gasteiger partial charge on any atom is 0.330 e. The summed E-state index contributed by atoms with van der Waals surface area (Å²) in [4.78, 5) is 21.8. The summed E-state index contributed by atoms with van der Waals surface area (Å²) in [6.07, 6.45) is 5.52. The molecule has 0 saturated heterocycles. The van der Waals surface area contributed by atoms with E-state index in [1.807, 2.05) is 13.8 Å². The number of hydrogen-bond donors (Lipinski definition) is 0. The first-order valence-electron chi connectivity index (χ1n) is 6.15. The summed E-state index contributed by atoms with van der Waals surface area (Å²) in [6.45, 7) is 10.4. The van der Waals surface area contributed by atoms with Crippen molar-refractivity contribution in [2.24, 2.45) is 0 Å². The van der Waals surface area contributed by atoms with Crippen molar-refractivity contribution in [3.05, 3.63) is 25.3 Å². The summed E-state index contributed by atoms with van der Waals surface area (Å²) in [5.41, 5.74) is 0. The Morgan fingerprint density at radius 3 is 1.56 bits per heavy atom. The molecular formula is C14H22O4. The fourth-order valence-electron chi connectivity index (χ4n) is 1.47. The average molecular weight is 254 g/mol. The van der Waals surface area contributed by atoms with Gasteiger partial charge in [-0.05, 0) is 39.5 Å². The van der Waals surface area contributed by atoms with Crippen LogP contribution < -0.4 is 0 Å². The SMILES string of the molecule is C=CC(=O)OC(C)CCCCC(C)OC(=O)C=C. The number of esters is 2. The maximum absolute atomic E-state index is 10.9. The number of carbonyl (C=O) groups excluding carboxylic acids is 2. The molecule has 0 aromatic rings. The van der Waals surface area contributed by atoms with E-state index in [4.69, 9.17) is 9.47 Å². The predicted octanol–water partition coefficient (Wildman–Crippen LogP) is 2.78. The molecular weight excluding hydrogens is 232 g/mol. The summed E-state index contributed by atoms with van der Waals surface area (Å²) < 4.78 is 10.1. The van der Waals surface area contributed by atoms with Crippen LogP contribution in [0.5, 0.6) is 0 Å². The molecule has 0 amide bonds. The zero-order valence-corrected chi connectivity index (χ0v) is 11.2. The lowest BCUT2D eigenvalue weighted by Gasteiger charge is -2.13. The Labute approximate surface area is 109 Å². The van der Waals surface area contributed by atoms with E-state index < -0.39 is 11.9 Å². The lowest BCUT2D eigenvalue weighted by atomic mass is 10.1. The molecule has 4 heteroatoms. The fraction of sp³-hybridized carbons (Fsp3) is 0.571. The maximum atomic E-state index is 10.9. The van der Waals surface area contributed by atoms with E-state index in [1.165, 1.54) is 0 Å². The van der Waals surface area contributed by atoms with Crippen molar-refractivity contribution in [3.8, 4) is 0 Å². The number of hydrogen-bond acceptors (Lipinski definition) is 4. The second-order valence-electron chi connectivity index (χ2n) is 4.19. The topological polar surface area (TPSA) is 52.6 Å². The highest BCUT2D eigenvalue weighted by Gasteiger charge is 2.08. The van der Waals surface area contributed by atoms with E-state index in [2.05, 4.69) is 13.2 Å². The molecule has 0 saturated carbocycles. The van der Waals surface area contributed by atoms with Crippen molar-refractivity contribution in [3.63, 3.8) is 0 Å². The van der Waals surface area contributed by atoms with Gasteiger partial charge in [-0.2, -0.15) is 0 Å². The van der Waals surface area contributed by atoms with Crippen LogP contribution in [0, 0.1) is 0 Å². The number of ether oxygens (including phenoxy) is 2. The first-order valence-corrected chi connectivity index (χ1v) is 6.15. The molecule has 0 bridgehead atoms. The Kier molecular flexibility index (Phi) is 8.62. The molecule has 0 heterocycles. The van der Waals surface area contributed by atoms with E-state index in [1.54, 1.807) is 0 Å². The number of unbranched alkanes of at least 4 members (excludes halogenated alkanes) is 1. The molecule has 0 aliphatic carbocycles. The van der Waals surface area contributed by atoms with Gasteiger partial charge in [-0.25, -0.2) is 9.59 Å². The predicted molar refractivity (Wildman–Crippen MR) is 70.0 cm³/mol. The average Bonchev–Trinajstić information content (AvgIpc) is 2.34. The third-order valence-corrected chi connectivity index (χ3v) is 2.44. The lowest BCUT2D eigenvalue weighted by molar-refractivity contribution is -0.143. The van der Waals surface area contributed by atoms with Crippen LogP contribution in [0.4, 0.5) is 0 Å². The fourth-order valence-corrected chi connectivity index (χ4v) is 1.47. The molecule has 0 rings (SSSR count). The van der Waals surface area contributed by atoms with Crippen LogP contribution in [0.1, 0.15) is 39.5 Å². The highest BCUT2D eigenvalue weighted by molar-refractivity contribution is 5.81. The van der Waals surface area contributed by atoms with Gasteiger partial charge in [-0.3, -0.25) is 0 Å². The molecule has 0 spiro atoms. The molecule has 0 radical (unpaired) electrons. The molecule has 0 N–H and O–H groups in total. The summed E-state index contributed by atoms with van der Waals surface area (Å²) >= 11 is 0. The summed E-state index contributed by atoms with van der Waals surface area (Å²) in [6, 6.07) is 0. The first-order chi connectivity index (χ1) is 8.49. The van der Waals surface area contributed by atoms with Gasteiger partial charge in [0, 0.05) is 12.2 Å². The minimum absolute atomic E-state index is 0.110. The molecule has 18 heavy (non-hydrogen) atoms. The third-order valence-electron chi connectivity index (χ3n) is 2.44. The Morgan fingerprint density at radius 2 is 1.28 bits per heavy atom. The normalized spacial score (nSPS) is 13.2. The van der Waals surface area contributed by atoms with Crippen LogP contribution in [-0.4, -0.2) is 24.1 Å². The molecule has 102 valence electrons. The van der Waals surface area contributed by atoms with E-state index >= 15 is 0 Å². The minimum atomic E-state index is -0.393. The largest absolute Gasteiger partial charge is 0.460 e. The van der Waals surface area contributed by atoms with Gasteiger partial charge >= 0.3 is 11.9 Å². The van der Waals surface area contributed by atoms with Crippen LogP contribution in [0.25, 0.3) is 0 Å². The Hall–Kier alpha value is -1.58. The van der Waals surface area contributed by atoms with Crippen molar-refractivity contribution in [2.45, 2.75) is 51.7 Å². The smallest absolute Gasteiger partial charge is 0.330 e. The van der Waals surface area contributed by atoms with Gasteiger partial charge in [-0.15, -0.1) is 0 Å². The van der Waals surface area contributed by atoms with Crippen molar-refractivity contribution in [1.82, 2.24) is 0 Å². The second kappa shape index (κ2) is 9.45. The lowest BCUT2D eigenvalue weighted by Crippen LogP contribution is -2.14. The molecule has 0 aliphatic rings. The minimum Gasteiger partial charge on any atom is -0.460 e. The van der Waals surface area contributed by atoms with Gasteiger partial charge in [0.1, 0.15) is 0 Å². The highest BCUT2D eigenvalue weighted by Crippen LogP contribution is 2.10. The van der Waals surface area contributed by atoms with Gasteiger partial charge in [-0.1, -0.05) is 13.2 Å². The van der Waals surface area contributed by atoms with E-state index in [0.717, 1.165) is 37.8 Å². The van der Waals surface area contributed by atoms with Crippen LogP contribution in [0.15, 0.2) is 25.3 Å². The molecule has 4 nitrogen and oxygen atoms in total. The van der Waals surface area contributed by atoms with Crippen molar-refractivity contribution >= 4 is 11.9 Å². The zero-order valence-electron chi connectivity index (χ0n) is 11.2. The van der Waals surface area contributed by atoms with Gasteiger partial charge in [0.2, 0.25) is 0 Å². The third kappa shape index (κ3) is 8.56.